The van der Waals surface area contributed by atoms with Gasteiger partial charge in [0.25, 0.3) is 0 Å². The van der Waals surface area contributed by atoms with Crippen molar-refractivity contribution in [3.63, 3.8) is 0 Å². The average molecular weight is 293 g/mol. The average Bonchev–Trinajstić information content (AvgIpc) is 2.73. The van der Waals surface area contributed by atoms with Crippen LogP contribution in [-0.4, -0.2) is 5.60 Å². The highest BCUT2D eigenvalue weighted by molar-refractivity contribution is 4.99. The topological polar surface area (TPSA) is 9.23 Å². The molecule has 1 nitrogen and oxygen atoms in total. The van der Waals surface area contributed by atoms with E-state index in [0.717, 1.165) is 24.2 Å². The highest BCUT2D eigenvalue weighted by Crippen LogP contribution is 2.58. The summed E-state index contributed by atoms with van der Waals surface area (Å²) in [6, 6.07) is 0. The Morgan fingerprint density at radius 2 is 2.00 bits per heavy atom. The summed E-state index contributed by atoms with van der Waals surface area (Å²) in [5.41, 5.74) is 0.619. The molecule has 0 aromatic carbocycles. The first-order chi connectivity index (χ1) is 9.89. The fourth-order valence-electron chi connectivity index (χ4n) is 5.37. The second kappa shape index (κ2) is 6.75. The van der Waals surface area contributed by atoms with Crippen LogP contribution in [0.2, 0.25) is 0 Å². The first kappa shape index (κ1) is 16.9. The third-order valence-electron chi connectivity index (χ3n) is 6.65. The van der Waals surface area contributed by atoms with Crippen molar-refractivity contribution in [3.05, 3.63) is 12.8 Å². The van der Waals surface area contributed by atoms with Gasteiger partial charge in [-0.15, -0.1) is 0 Å². The van der Waals surface area contributed by atoms with Gasteiger partial charge in [0, 0.05) is 0 Å². The molecule has 0 bridgehead atoms. The lowest BCUT2D eigenvalue weighted by molar-refractivity contribution is 0.0418. The molecule has 2 aliphatic rings. The van der Waals surface area contributed by atoms with E-state index >= 15 is 0 Å². The Bertz CT molecular complexity index is 346. The third-order valence-corrected chi connectivity index (χ3v) is 6.65. The van der Waals surface area contributed by atoms with E-state index < -0.39 is 0 Å². The van der Waals surface area contributed by atoms with E-state index in [1.165, 1.54) is 51.4 Å². The summed E-state index contributed by atoms with van der Waals surface area (Å²) in [6.07, 6.45) is 14.2. The summed E-state index contributed by atoms with van der Waals surface area (Å²) >= 11 is 0. The molecule has 2 aliphatic carbocycles. The van der Waals surface area contributed by atoms with E-state index in [4.69, 9.17) is 4.74 Å². The van der Waals surface area contributed by atoms with E-state index in [1.807, 2.05) is 0 Å². The number of fused-ring (bicyclic) bond motifs is 1. The Labute approximate surface area is 132 Å². The van der Waals surface area contributed by atoms with E-state index in [1.54, 1.807) is 6.26 Å². The molecule has 0 amide bonds. The minimum absolute atomic E-state index is 0.0385. The molecule has 122 valence electrons. The van der Waals surface area contributed by atoms with Crippen LogP contribution < -0.4 is 0 Å². The van der Waals surface area contributed by atoms with Crippen LogP contribution in [0.25, 0.3) is 0 Å². The van der Waals surface area contributed by atoms with Gasteiger partial charge in [-0.3, -0.25) is 0 Å². The van der Waals surface area contributed by atoms with Gasteiger partial charge in [-0.2, -0.15) is 0 Å². The molecule has 0 N–H and O–H groups in total. The molecule has 0 saturated heterocycles. The molecule has 21 heavy (non-hydrogen) atoms. The first-order valence-corrected chi connectivity index (χ1v) is 9.18. The number of unbranched alkanes of at least 4 members (excludes halogenated alkanes) is 1. The van der Waals surface area contributed by atoms with Gasteiger partial charge in [0.05, 0.1) is 6.26 Å². The van der Waals surface area contributed by atoms with Crippen LogP contribution in [0.4, 0.5) is 0 Å². The highest BCUT2D eigenvalue weighted by atomic mass is 16.5. The molecule has 2 fully saturated rings. The van der Waals surface area contributed by atoms with E-state index in [0.29, 0.717) is 5.41 Å². The Hall–Kier alpha value is -0.460. The largest absolute Gasteiger partial charge is 0.496 e. The van der Waals surface area contributed by atoms with Gasteiger partial charge in [0.15, 0.2) is 0 Å². The van der Waals surface area contributed by atoms with Crippen LogP contribution in [-0.2, 0) is 4.74 Å². The molecule has 0 spiro atoms. The second-order valence-corrected chi connectivity index (χ2v) is 8.55. The van der Waals surface area contributed by atoms with Crippen molar-refractivity contribution in [1.29, 1.82) is 0 Å². The molecule has 0 radical (unpaired) electrons. The van der Waals surface area contributed by atoms with Gasteiger partial charge in [-0.25, -0.2) is 0 Å². The maximum absolute atomic E-state index is 5.59. The smallest absolute Gasteiger partial charge is 0.103 e. The van der Waals surface area contributed by atoms with Crippen LogP contribution in [0.15, 0.2) is 12.8 Å². The fraction of sp³-hybridized carbons (Fsp3) is 0.900. The third kappa shape index (κ3) is 3.85. The highest BCUT2D eigenvalue weighted by Gasteiger charge is 2.49. The van der Waals surface area contributed by atoms with E-state index in [-0.39, 0.29) is 5.60 Å². The molecule has 2 rings (SSSR count). The predicted molar refractivity (Wildman–Crippen MR) is 91.2 cm³/mol. The zero-order valence-corrected chi connectivity index (χ0v) is 14.8. The Morgan fingerprint density at radius 3 is 2.71 bits per heavy atom. The van der Waals surface area contributed by atoms with E-state index in [9.17, 15) is 0 Å². The molecule has 4 atom stereocenters. The molecule has 0 aromatic heterocycles. The van der Waals surface area contributed by atoms with Crippen molar-refractivity contribution in [2.75, 3.05) is 0 Å². The summed E-state index contributed by atoms with van der Waals surface area (Å²) in [6.45, 7) is 13.1. The van der Waals surface area contributed by atoms with Gasteiger partial charge in [0.1, 0.15) is 5.60 Å². The van der Waals surface area contributed by atoms with Crippen molar-refractivity contribution in [2.45, 2.75) is 91.1 Å². The molecule has 0 heterocycles. The summed E-state index contributed by atoms with van der Waals surface area (Å²) < 4.78 is 5.59. The van der Waals surface area contributed by atoms with Crippen LogP contribution >= 0.6 is 0 Å². The second-order valence-electron chi connectivity index (χ2n) is 8.55. The van der Waals surface area contributed by atoms with Crippen LogP contribution in [0.5, 0.6) is 0 Å². The minimum atomic E-state index is -0.0385. The lowest BCUT2D eigenvalue weighted by atomic mass is 9.61. The zero-order valence-electron chi connectivity index (χ0n) is 14.8. The lowest BCUT2D eigenvalue weighted by Crippen LogP contribution is -2.36. The van der Waals surface area contributed by atoms with E-state index in [2.05, 4.69) is 34.3 Å². The zero-order chi connectivity index (χ0) is 15.5. The van der Waals surface area contributed by atoms with Crippen molar-refractivity contribution in [1.82, 2.24) is 0 Å². The van der Waals surface area contributed by atoms with Crippen molar-refractivity contribution < 1.29 is 4.74 Å². The number of rotatable bonds is 7. The van der Waals surface area contributed by atoms with Crippen LogP contribution in [0, 0.1) is 23.2 Å². The van der Waals surface area contributed by atoms with Crippen molar-refractivity contribution >= 4 is 0 Å². The maximum atomic E-state index is 5.59. The van der Waals surface area contributed by atoms with Crippen molar-refractivity contribution in [2.24, 2.45) is 23.2 Å². The van der Waals surface area contributed by atoms with Gasteiger partial charge in [-0.1, -0.05) is 39.7 Å². The SMILES string of the molecule is C=COC(C)(C)CCCC[C@H]1CCC2[C@@H](C)CCC[C@@]21C. The summed E-state index contributed by atoms with van der Waals surface area (Å²) in [5.74, 6) is 2.96. The molecule has 1 heteroatoms. The lowest BCUT2D eigenvalue weighted by Gasteiger charge is -2.44. The summed E-state index contributed by atoms with van der Waals surface area (Å²) in [4.78, 5) is 0. The Kier molecular flexibility index (Phi) is 5.43. The normalized spacial score (nSPS) is 36.3. The molecule has 0 aromatic rings. The van der Waals surface area contributed by atoms with Crippen LogP contribution in [0.1, 0.15) is 85.5 Å². The molecule has 1 unspecified atom stereocenters. The fourth-order valence-corrected chi connectivity index (χ4v) is 5.37. The molecular formula is C20H36O. The Balaban J connectivity index is 1.78. The monoisotopic (exact) mass is 292 g/mol. The van der Waals surface area contributed by atoms with Crippen LogP contribution in [0.3, 0.4) is 0 Å². The summed E-state index contributed by atoms with van der Waals surface area (Å²) in [7, 11) is 0. The molecule has 0 aliphatic heterocycles. The first-order valence-electron chi connectivity index (χ1n) is 9.18. The minimum Gasteiger partial charge on any atom is -0.496 e. The standard InChI is InChI=1S/C20H36O/c1-6-21-19(3,4)14-8-7-11-17-12-13-18-16(2)10-9-15-20(17,18)5/h6,16-18H,1,7-15H2,2-5H3/t16-,17-,18?,20+/m0/s1. The number of hydrogen-bond donors (Lipinski definition) is 0. The Morgan fingerprint density at radius 1 is 1.24 bits per heavy atom. The van der Waals surface area contributed by atoms with Gasteiger partial charge < -0.3 is 4.74 Å². The summed E-state index contributed by atoms with van der Waals surface area (Å²) in [5, 5.41) is 0. The molecular weight excluding hydrogens is 256 g/mol. The van der Waals surface area contributed by atoms with Crippen molar-refractivity contribution in [3.8, 4) is 0 Å². The molecule has 2 saturated carbocycles. The number of hydrogen-bond acceptors (Lipinski definition) is 1. The quantitative estimate of drug-likeness (QED) is 0.393. The van der Waals surface area contributed by atoms with Gasteiger partial charge in [0.2, 0.25) is 0 Å². The number of ether oxygens (including phenoxy) is 1. The van der Waals surface area contributed by atoms with Gasteiger partial charge >= 0.3 is 0 Å². The predicted octanol–water partition coefficient (Wildman–Crippen LogP) is 6.34. The maximum Gasteiger partial charge on any atom is 0.103 e. The van der Waals surface area contributed by atoms with Gasteiger partial charge in [-0.05, 0) is 75.5 Å².